The van der Waals surface area contributed by atoms with Gasteiger partial charge in [0, 0.05) is 0 Å². The Morgan fingerprint density at radius 2 is 2.11 bits per heavy atom. The highest BCUT2D eigenvalue weighted by atomic mass is 16.7. The number of aryl methyl sites for hydroxylation is 1. The zero-order valence-electron chi connectivity index (χ0n) is 10.2. The highest BCUT2D eigenvalue weighted by Gasteiger charge is 2.24. The van der Waals surface area contributed by atoms with E-state index in [1.54, 1.807) is 0 Å². The lowest BCUT2D eigenvalue weighted by Crippen LogP contribution is -2.28. The maximum atomic E-state index is 10.6. The fourth-order valence-electron chi connectivity index (χ4n) is 1.92. The lowest BCUT2D eigenvalue weighted by atomic mass is 9.93. The molecule has 1 aliphatic heterocycles. The normalized spacial score (nSPS) is 16.3. The highest BCUT2D eigenvalue weighted by Crippen LogP contribution is 2.33. The average molecular weight is 252 g/mol. The van der Waals surface area contributed by atoms with Gasteiger partial charge in [-0.2, -0.15) is 0 Å². The van der Waals surface area contributed by atoms with Gasteiger partial charge < -0.3 is 19.7 Å². The third-order valence-corrected chi connectivity index (χ3v) is 2.92. The number of rotatable bonds is 5. The number of carboxylic acid groups (broad SMARTS) is 1. The molecule has 18 heavy (non-hydrogen) atoms. The van der Waals surface area contributed by atoms with Crippen molar-refractivity contribution in [3.05, 3.63) is 23.8 Å². The first kappa shape index (κ1) is 12.7. The van der Waals surface area contributed by atoms with E-state index >= 15 is 0 Å². The molecule has 5 heteroatoms. The molecule has 1 aliphatic rings. The Morgan fingerprint density at radius 3 is 2.83 bits per heavy atom. The van der Waals surface area contributed by atoms with Gasteiger partial charge in [0.2, 0.25) is 6.79 Å². The summed E-state index contributed by atoms with van der Waals surface area (Å²) < 4.78 is 10.5. The van der Waals surface area contributed by atoms with Crippen molar-refractivity contribution in [2.75, 3.05) is 6.79 Å². The standard InChI is InChI=1S/C13H16O5/c1-13(16,7-12(14)15)5-4-9-2-3-10-11(6-9)18-8-17-10/h2-3,6,16H,4-5,7-8H2,1H3,(H,14,15). The van der Waals surface area contributed by atoms with E-state index in [4.69, 9.17) is 14.6 Å². The first-order valence-electron chi connectivity index (χ1n) is 5.79. The maximum absolute atomic E-state index is 10.6. The van der Waals surface area contributed by atoms with Crippen molar-refractivity contribution in [3.63, 3.8) is 0 Å². The van der Waals surface area contributed by atoms with Gasteiger partial charge in [0.05, 0.1) is 12.0 Å². The van der Waals surface area contributed by atoms with Gasteiger partial charge in [-0.1, -0.05) is 6.07 Å². The molecule has 2 N–H and O–H groups in total. The quantitative estimate of drug-likeness (QED) is 0.832. The van der Waals surface area contributed by atoms with E-state index in [-0.39, 0.29) is 13.2 Å². The lowest BCUT2D eigenvalue weighted by molar-refractivity contribution is -0.142. The van der Waals surface area contributed by atoms with E-state index in [0.29, 0.717) is 18.6 Å². The molecule has 0 aromatic heterocycles. The van der Waals surface area contributed by atoms with Crippen LogP contribution < -0.4 is 9.47 Å². The summed E-state index contributed by atoms with van der Waals surface area (Å²) in [6.07, 6.45) is 0.730. The summed E-state index contributed by atoms with van der Waals surface area (Å²) >= 11 is 0. The van der Waals surface area contributed by atoms with Crippen LogP contribution >= 0.6 is 0 Å². The molecule has 1 heterocycles. The molecule has 0 saturated heterocycles. The van der Waals surface area contributed by atoms with Gasteiger partial charge in [0.25, 0.3) is 0 Å². The molecule has 1 aromatic carbocycles. The molecule has 0 spiro atoms. The molecule has 0 fully saturated rings. The third kappa shape index (κ3) is 3.13. The summed E-state index contributed by atoms with van der Waals surface area (Å²) in [4.78, 5) is 10.6. The van der Waals surface area contributed by atoms with Crippen LogP contribution in [0.1, 0.15) is 25.3 Å². The monoisotopic (exact) mass is 252 g/mol. The van der Waals surface area contributed by atoms with Crippen molar-refractivity contribution in [1.29, 1.82) is 0 Å². The number of fused-ring (bicyclic) bond motifs is 1. The summed E-state index contributed by atoms with van der Waals surface area (Å²) in [5.41, 5.74) is -0.202. The number of aliphatic hydroxyl groups is 1. The van der Waals surface area contributed by atoms with Gasteiger partial charge in [-0.15, -0.1) is 0 Å². The first-order valence-corrected chi connectivity index (χ1v) is 5.79. The molecule has 1 aromatic rings. The minimum Gasteiger partial charge on any atom is -0.481 e. The Kier molecular flexibility index (Phi) is 3.43. The zero-order valence-corrected chi connectivity index (χ0v) is 10.2. The molecule has 0 bridgehead atoms. The number of benzene rings is 1. The Bertz CT molecular complexity index is 453. The van der Waals surface area contributed by atoms with Crippen molar-refractivity contribution in [3.8, 4) is 11.5 Å². The number of hydrogen-bond acceptors (Lipinski definition) is 4. The topological polar surface area (TPSA) is 76.0 Å². The first-order chi connectivity index (χ1) is 8.46. The Morgan fingerprint density at radius 1 is 1.39 bits per heavy atom. The zero-order chi connectivity index (χ0) is 13.2. The molecule has 0 radical (unpaired) electrons. The molecule has 98 valence electrons. The van der Waals surface area contributed by atoms with Crippen LogP contribution in [0.25, 0.3) is 0 Å². The van der Waals surface area contributed by atoms with Crippen molar-refractivity contribution in [2.24, 2.45) is 0 Å². The molecule has 0 saturated carbocycles. The van der Waals surface area contributed by atoms with E-state index in [1.165, 1.54) is 6.92 Å². The van der Waals surface area contributed by atoms with Gasteiger partial charge in [-0.05, 0) is 37.5 Å². The van der Waals surface area contributed by atoms with Crippen molar-refractivity contribution in [1.82, 2.24) is 0 Å². The summed E-state index contributed by atoms with van der Waals surface area (Å²) in [6.45, 7) is 1.77. The predicted molar refractivity (Wildman–Crippen MR) is 63.8 cm³/mol. The van der Waals surface area contributed by atoms with Gasteiger partial charge in [0.1, 0.15) is 0 Å². The van der Waals surface area contributed by atoms with Crippen LogP contribution in [0.4, 0.5) is 0 Å². The van der Waals surface area contributed by atoms with Gasteiger partial charge in [-0.3, -0.25) is 4.79 Å². The molecule has 1 unspecified atom stereocenters. The largest absolute Gasteiger partial charge is 0.481 e. The molecular weight excluding hydrogens is 236 g/mol. The van der Waals surface area contributed by atoms with Crippen molar-refractivity contribution >= 4 is 5.97 Å². The van der Waals surface area contributed by atoms with Crippen molar-refractivity contribution < 1.29 is 24.5 Å². The van der Waals surface area contributed by atoms with E-state index < -0.39 is 11.6 Å². The van der Waals surface area contributed by atoms with Gasteiger partial charge in [-0.25, -0.2) is 0 Å². The van der Waals surface area contributed by atoms with E-state index in [2.05, 4.69) is 0 Å². The van der Waals surface area contributed by atoms with Crippen LogP contribution in [0.3, 0.4) is 0 Å². The molecule has 0 amide bonds. The van der Waals surface area contributed by atoms with Crippen molar-refractivity contribution in [2.45, 2.75) is 31.8 Å². The second-order valence-corrected chi connectivity index (χ2v) is 4.76. The Labute approximate surface area is 105 Å². The predicted octanol–water partition coefficient (Wildman–Crippen LogP) is 1.57. The van der Waals surface area contributed by atoms with Gasteiger partial charge >= 0.3 is 5.97 Å². The molecule has 5 nitrogen and oxygen atoms in total. The van der Waals surface area contributed by atoms with Crippen LogP contribution in [0.15, 0.2) is 18.2 Å². The number of hydrogen-bond donors (Lipinski definition) is 2. The lowest BCUT2D eigenvalue weighted by Gasteiger charge is -2.20. The number of carboxylic acids is 1. The average Bonchev–Trinajstić information content (AvgIpc) is 2.71. The number of carbonyl (C=O) groups is 1. The summed E-state index contributed by atoms with van der Waals surface area (Å²) in [6, 6.07) is 5.58. The Hall–Kier alpha value is -1.75. The van der Waals surface area contributed by atoms with Crippen LogP contribution in [0.2, 0.25) is 0 Å². The van der Waals surface area contributed by atoms with E-state index in [9.17, 15) is 9.90 Å². The van der Waals surface area contributed by atoms with Crippen LogP contribution in [-0.4, -0.2) is 28.6 Å². The fraction of sp³-hybridized carbons (Fsp3) is 0.462. The number of ether oxygens (including phenoxy) is 2. The molecule has 2 rings (SSSR count). The minimum absolute atomic E-state index is 0.232. The fourth-order valence-corrected chi connectivity index (χ4v) is 1.92. The highest BCUT2D eigenvalue weighted by molar-refractivity contribution is 5.68. The molecule has 1 atom stereocenters. The summed E-state index contributed by atoms with van der Waals surface area (Å²) in [7, 11) is 0. The van der Waals surface area contributed by atoms with Crippen LogP contribution in [-0.2, 0) is 11.2 Å². The second kappa shape index (κ2) is 4.86. The van der Waals surface area contributed by atoms with E-state index in [1.807, 2.05) is 18.2 Å². The second-order valence-electron chi connectivity index (χ2n) is 4.76. The van der Waals surface area contributed by atoms with Crippen LogP contribution in [0.5, 0.6) is 11.5 Å². The minimum atomic E-state index is -1.19. The third-order valence-electron chi connectivity index (χ3n) is 2.92. The Balaban J connectivity index is 1.96. The molecule has 0 aliphatic carbocycles. The van der Waals surface area contributed by atoms with Crippen LogP contribution in [0, 0.1) is 0 Å². The smallest absolute Gasteiger partial charge is 0.306 e. The van der Waals surface area contributed by atoms with E-state index in [0.717, 1.165) is 11.3 Å². The number of aliphatic carboxylic acids is 1. The maximum Gasteiger partial charge on any atom is 0.306 e. The molecular formula is C13H16O5. The summed E-state index contributed by atoms with van der Waals surface area (Å²) in [5.74, 6) is 0.423. The van der Waals surface area contributed by atoms with Gasteiger partial charge in [0.15, 0.2) is 11.5 Å². The summed E-state index contributed by atoms with van der Waals surface area (Å²) in [5, 5.41) is 18.6. The SMILES string of the molecule is CC(O)(CCc1ccc2c(c1)OCO2)CC(=O)O.